The quantitative estimate of drug-likeness (QED) is 0.524. The Morgan fingerprint density at radius 2 is 2.29 bits per heavy atom. The summed E-state index contributed by atoms with van der Waals surface area (Å²) in [5.41, 5.74) is 0.657. The van der Waals surface area contributed by atoms with Gasteiger partial charge in [-0.3, -0.25) is 4.79 Å². The average Bonchev–Trinajstić information content (AvgIpc) is 2.76. The highest BCUT2D eigenvalue weighted by molar-refractivity contribution is 7.99. The first-order valence-electron chi connectivity index (χ1n) is 7.66. The fourth-order valence-corrected chi connectivity index (χ4v) is 3.32. The summed E-state index contributed by atoms with van der Waals surface area (Å²) in [4.78, 5) is 12.2. The Hall–Kier alpha value is -2.28. The number of pyridine rings is 1. The van der Waals surface area contributed by atoms with Crippen molar-refractivity contribution in [3.8, 4) is 5.75 Å². The number of benzene rings is 1. The summed E-state index contributed by atoms with van der Waals surface area (Å²) in [6.07, 6.45) is 2.84. The van der Waals surface area contributed by atoms with E-state index < -0.39 is 0 Å². The van der Waals surface area contributed by atoms with Crippen LogP contribution in [0.2, 0.25) is 0 Å². The second-order valence-corrected chi connectivity index (χ2v) is 6.44. The highest BCUT2D eigenvalue weighted by atomic mass is 32.2. The maximum atomic E-state index is 13.5. The third-order valence-electron chi connectivity index (χ3n) is 3.72. The molecule has 0 fully saturated rings. The Morgan fingerprint density at radius 3 is 3.12 bits per heavy atom. The minimum atomic E-state index is -0.357. The number of aromatic nitrogens is 1. The molecule has 3 rings (SSSR count). The lowest BCUT2D eigenvalue weighted by Gasteiger charge is -2.18. The first-order valence-corrected chi connectivity index (χ1v) is 8.64. The standard InChI is InChI=1S/C17H17FN2O3S/c18-12-6-7-15-13(10-12)14(4-3-9-23-15)19-16(21)11-24-17-5-1-2-8-20(17)22/h1-2,5-8,10,14H,3-4,9,11H2,(H,19,21)/t14-/m1/s1. The molecule has 7 heteroatoms. The maximum absolute atomic E-state index is 13.5. The van der Waals surface area contributed by atoms with Crippen molar-refractivity contribution in [2.75, 3.05) is 12.4 Å². The minimum absolute atomic E-state index is 0.119. The topological polar surface area (TPSA) is 65.3 Å². The summed E-state index contributed by atoms with van der Waals surface area (Å²) in [5.74, 6) is 0.164. The Labute approximate surface area is 143 Å². The molecule has 1 atom stereocenters. The van der Waals surface area contributed by atoms with Gasteiger partial charge in [-0.15, -0.1) is 0 Å². The fraction of sp³-hybridized carbons (Fsp3) is 0.294. The zero-order chi connectivity index (χ0) is 16.9. The number of amides is 1. The molecule has 126 valence electrons. The summed E-state index contributed by atoms with van der Waals surface area (Å²) in [5, 5.41) is 14.9. The van der Waals surface area contributed by atoms with Crippen LogP contribution in [-0.2, 0) is 4.79 Å². The predicted molar refractivity (Wildman–Crippen MR) is 88.1 cm³/mol. The minimum Gasteiger partial charge on any atom is -0.618 e. The van der Waals surface area contributed by atoms with Gasteiger partial charge >= 0.3 is 0 Å². The molecule has 2 aromatic rings. The number of fused-ring (bicyclic) bond motifs is 1. The van der Waals surface area contributed by atoms with Gasteiger partial charge in [0.1, 0.15) is 11.6 Å². The summed E-state index contributed by atoms with van der Waals surface area (Å²) in [7, 11) is 0. The number of nitrogens with zero attached hydrogens (tertiary/aromatic N) is 1. The molecule has 0 bridgehead atoms. The normalized spacial score (nSPS) is 16.6. The number of carbonyl (C=O) groups excluding carboxylic acids is 1. The summed E-state index contributed by atoms with van der Waals surface area (Å²) < 4.78 is 19.9. The summed E-state index contributed by atoms with van der Waals surface area (Å²) in [6, 6.07) is 9.10. The molecule has 5 nitrogen and oxygen atoms in total. The number of thioether (sulfide) groups is 1. The van der Waals surface area contributed by atoms with E-state index in [4.69, 9.17) is 4.74 Å². The van der Waals surface area contributed by atoms with Crippen LogP contribution in [0.4, 0.5) is 4.39 Å². The zero-order valence-electron chi connectivity index (χ0n) is 12.9. The van der Waals surface area contributed by atoms with Crippen molar-refractivity contribution in [3.63, 3.8) is 0 Å². The predicted octanol–water partition coefficient (Wildman–Crippen LogP) is 2.58. The number of hydrogen-bond acceptors (Lipinski definition) is 4. The largest absolute Gasteiger partial charge is 0.618 e. The van der Waals surface area contributed by atoms with Crippen molar-refractivity contribution < 1.29 is 18.7 Å². The van der Waals surface area contributed by atoms with Gasteiger partial charge in [0.2, 0.25) is 5.91 Å². The van der Waals surface area contributed by atoms with Crippen LogP contribution in [0.15, 0.2) is 47.6 Å². The van der Waals surface area contributed by atoms with Gasteiger partial charge < -0.3 is 15.3 Å². The lowest BCUT2D eigenvalue weighted by Crippen LogP contribution is -2.32. The number of ether oxygens (including phenoxy) is 1. The Kier molecular flexibility index (Phi) is 5.20. The van der Waals surface area contributed by atoms with Gasteiger partial charge in [-0.2, -0.15) is 4.73 Å². The molecular weight excluding hydrogens is 331 g/mol. The number of halogens is 1. The molecule has 1 aliphatic heterocycles. The molecule has 0 saturated heterocycles. The zero-order valence-corrected chi connectivity index (χ0v) is 13.7. The maximum Gasteiger partial charge on any atom is 0.251 e. The number of rotatable bonds is 4. The van der Waals surface area contributed by atoms with Crippen molar-refractivity contribution in [1.82, 2.24) is 5.32 Å². The highest BCUT2D eigenvalue weighted by Crippen LogP contribution is 2.32. The molecule has 24 heavy (non-hydrogen) atoms. The van der Waals surface area contributed by atoms with Crippen molar-refractivity contribution in [2.24, 2.45) is 0 Å². The molecular formula is C17H17FN2O3S. The Morgan fingerprint density at radius 1 is 1.42 bits per heavy atom. The third kappa shape index (κ3) is 3.97. The van der Waals surface area contributed by atoms with E-state index in [9.17, 15) is 14.4 Å². The van der Waals surface area contributed by atoms with Crippen LogP contribution in [0.3, 0.4) is 0 Å². The van der Waals surface area contributed by atoms with Crippen LogP contribution in [0, 0.1) is 11.0 Å². The second-order valence-electron chi connectivity index (χ2n) is 5.45. The first kappa shape index (κ1) is 16.6. The van der Waals surface area contributed by atoms with E-state index in [0.29, 0.717) is 29.4 Å². The molecule has 0 saturated carbocycles. The van der Waals surface area contributed by atoms with Gasteiger partial charge in [0.15, 0.2) is 6.20 Å². The molecule has 2 heterocycles. The van der Waals surface area contributed by atoms with Crippen molar-refractivity contribution in [1.29, 1.82) is 0 Å². The average molecular weight is 348 g/mol. The summed E-state index contributed by atoms with van der Waals surface area (Å²) >= 11 is 1.17. The molecule has 1 aliphatic rings. The Balaban J connectivity index is 1.66. The van der Waals surface area contributed by atoms with E-state index >= 15 is 0 Å². The van der Waals surface area contributed by atoms with Crippen molar-refractivity contribution in [3.05, 3.63) is 59.2 Å². The summed E-state index contributed by atoms with van der Waals surface area (Å²) in [6.45, 7) is 0.542. The highest BCUT2D eigenvalue weighted by Gasteiger charge is 2.22. The third-order valence-corrected chi connectivity index (χ3v) is 4.74. The van der Waals surface area contributed by atoms with Crippen molar-refractivity contribution >= 4 is 17.7 Å². The van der Waals surface area contributed by atoms with Gasteiger partial charge in [-0.1, -0.05) is 0 Å². The molecule has 1 aromatic carbocycles. The van der Waals surface area contributed by atoms with E-state index in [1.54, 1.807) is 24.3 Å². The second kappa shape index (κ2) is 7.53. The Bertz CT molecular complexity index is 742. The lowest BCUT2D eigenvalue weighted by atomic mass is 10.0. The lowest BCUT2D eigenvalue weighted by molar-refractivity contribution is -0.645. The van der Waals surface area contributed by atoms with E-state index in [2.05, 4.69) is 5.32 Å². The number of nitrogens with one attached hydrogen (secondary N) is 1. The van der Waals surface area contributed by atoms with Gasteiger partial charge in [-0.25, -0.2) is 4.39 Å². The van der Waals surface area contributed by atoms with Crippen LogP contribution < -0.4 is 14.8 Å². The monoisotopic (exact) mass is 348 g/mol. The van der Waals surface area contributed by atoms with E-state index in [0.717, 1.165) is 11.2 Å². The smallest absolute Gasteiger partial charge is 0.251 e. The molecule has 0 aliphatic carbocycles. The van der Waals surface area contributed by atoms with Crippen LogP contribution in [0.1, 0.15) is 24.4 Å². The molecule has 0 spiro atoms. The van der Waals surface area contributed by atoms with Gasteiger partial charge in [0, 0.05) is 17.7 Å². The molecule has 0 unspecified atom stereocenters. The van der Waals surface area contributed by atoms with Gasteiger partial charge in [0.25, 0.3) is 5.03 Å². The van der Waals surface area contributed by atoms with Crippen LogP contribution in [0.5, 0.6) is 5.75 Å². The SMILES string of the molecule is O=C(CSc1cccc[n+]1[O-])N[C@@H]1CCCOc2ccc(F)cc21. The molecule has 0 radical (unpaired) electrons. The van der Waals surface area contributed by atoms with Gasteiger partial charge in [0.05, 0.1) is 18.4 Å². The molecule has 1 amide bonds. The fourth-order valence-electron chi connectivity index (χ4n) is 2.60. The number of carbonyl (C=O) groups is 1. The van der Waals surface area contributed by atoms with Crippen LogP contribution in [-0.4, -0.2) is 18.3 Å². The van der Waals surface area contributed by atoms with E-state index in [-0.39, 0.29) is 23.5 Å². The number of hydrogen-bond donors (Lipinski definition) is 1. The first-order chi connectivity index (χ1) is 11.6. The van der Waals surface area contributed by atoms with E-state index in [1.807, 2.05) is 0 Å². The molecule has 1 N–H and O–H groups in total. The van der Waals surface area contributed by atoms with Crippen molar-refractivity contribution in [2.45, 2.75) is 23.9 Å². The van der Waals surface area contributed by atoms with E-state index in [1.165, 1.54) is 30.1 Å². The van der Waals surface area contributed by atoms with Crippen LogP contribution in [0.25, 0.3) is 0 Å². The van der Waals surface area contributed by atoms with Gasteiger partial charge in [-0.05, 0) is 48.9 Å². The molecule has 1 aromatic heterocycles. The van der Waals surface area contributed by atoms with Crippen LogP contribution >= 0.6 is 11.8 Å².